The maximum atomic E-state index is 11.5. The summed E-state index contributed by atoms with van der Waals surface area (Å²) in [5.74, 6) is 0.0442. The number of hydrogen-bond donors (Lipinski definition) is 1. The minimum Gasteiger partial charge on any atom is -0.368 e. The summed E-state index contributed by atoms with van der Waals surface area (Å²) >= 11 is 1.69. The van der Waals surface area contributed by atoms with E-state index >= 15 is 0 Å². The lowest BCUT2D eigenvalue weighted by Crippen LogP contribution is -2.35. The lowest BCUT2D eigenvalue weighted by Gasteiger charge is -2.09. The van der Waals surface area contributed by atoms with Gasteiger partial charge in [-0.15, -0.1) is 0 Å². The van der Waals surface area contributed by atoms with Gasteiger partial charge in [0.15, 0.2) is 0 Å². The van der Waals surface area contributed by atoms with E-state index in [0.717, 1.165) is 25.9 Å². The van der Waals surface area contributed by atoms with Crippen molar-refractivity contribution in [3.8, 4) is 0 Å². The zero-order chi connectivity index (χ0) is 10.5. The van der Waals surface area contributed by atoms with Crippen molar-refractivity contribution >= 4 is 17.2 Å². The Morgan fingerprint density at radius 3 is 3.27 bits per heavy atom. The van der Waals surface area contributed by atoms with Crippen LogP contribution in [0.15, 0.2) is 16.8 Å². The molecule has 1 atom stereocenters. The highest BCUT2D eigenvalue weighted by Crippen LogP contribution is 2.11. The molecule has 0 aliphatic carbocycles. The van der Waals surface area contributed by atoms with Crippen LogP contribution >= 0.6 is 11.3 Å². The highest BCUT2D eigenvalue weighted by atomic mass is 32.1. The third kappa shape index (κ3) is 3.04. The molecule has 2 rings (SSSR count). The molecule has 1 aliphatic rings. The number of ether oxygens (including phenoxy) is 1. The first-order valence-corrected chi connectivity index (χ1v) is 6.21. The molecular formula is C11H15NO2S. The normalized spacial score (nSPS) is 20.4. The molecule has 1 saturated heterocycles. The summed E-state index contributed by atoms with van der Waals surface area (Å²) in [6.07, 6.45) is 2.57. The lowest BCUT2D eigenvalue weighted by molar-refractivity contribution is -0.129. The Labute approximate surface area is 93.4 Å². The van der Waals surface area contributed by atoms with Gasteiger partial charge in [0.05, 0.1) is 0 Å². The van der Waals surface area contributed by atoms with Gasteiger partial charge in [-0.05, 0) is 41.7 Å². The van der Waals surface area contributed by atoms with Crippen molar-refractivity contribution in [2.75, 3.05) is 13.2 Å². The molecule has 0 radical (unpaired) electrons. The largest absolute Gasteiger partial charge is 0.368 e. The number of hydrogen-bond acceptors (Lipinski definition) is 3. The van der Waals surface area contributed by atoms with Gasteiger partial charge >= 0.3 is 0 Å². The lowest BCUT2D eigenvalue weighted by atomic mass is 10.2. The van der Waals surface area contributed by atoms with Crippen molar-refractivity contribution in [3.05, 3.63) is 22.4 Å². The quantitative estimate of drug-likeness (QED) is 0.845. The molecule has 1 aromatic rings. The Kier molecular flexibility index (Phi) is 3.75. The molecule has 1 fully saturated rings. The second-order valence-electron chi connectivity index (χ2n) is 3.67. The average molecular weight is 225 g/mol. The number of nitrogens with one attached hydrogen (secondary N) is 1. The molecule has 3 nitrogen and oxygen atoms in total. The maximum absolute atomic E-state index is 11.5. The molecule has 0 spiro atoms. The van der Waals surface area contributed by atoms with Crippen molar-refractivity contribution in [1.29, 1.82) is 0 Å². The zero-order valence-electron chi connectivity index (χ0n) is 8.57. The first-order valence-electron chi connectivity index (χ1n) is 5.26. The smallest absolute Gasteiger partial charge is 0.249 e. The van der Waals surface area contributed by atoms with E-state index in [2.05, 4.69) is 22.1 Å². The van der Waals surface area contributed by atoms with Crippen molar-refractivity contribution in [2.45, 2.75) is 25.4 Å². The van der Waals surface area contributed by atoms with E-state index in [9.17, 15) is 4.79 Å². The van der Waals surface area contributed by atoms with E-state index in [1.54, 1.807) is 11.3 Å². The van der Waals surface area contributed by atoms with Gasteiger partial charge in [-0.1, -0.05) is 0 Å². The van der Waals surface area contributed by atoms with Crippen LogP contribution in [0.5, 0.6) is 0 Å². The van der Waals surface area contributed by atoms with E-state index in [0.29, 0.717) is 6.54 Å². The average Bonchev–Trinajstić information content (AvgIpc) is 2.90. The third-order valence-electron chi connectivity index (χ3n) is 2.52. The van der Waals surface area contributed by atoms with Crippen molar-refractivity contribution in [3.63, 3.8) is 0 Å². The Morgan fingerprint density at radius 2 is 2.60 bits per heavy atom. The second kappa shape index (κ2) is 5.28. The van der Waals surface area contributed by atoms with E-state index < -0.39 is 0 Å². The van der Waals surface area contributed by atoms with Crippen molar-refractivity contribution in [1.82, 2.24) is 5.32 Å². The minimum absolute atomic E-state index is 0.0442. The molecule has 1 aliphatic heterocycles. The van der Waals surface area contributed by atoms with Gasteiger partial charge in [0, 0.05) is 13.2 Å². The summed E-state index contributed by atoms with van der Waals surface area (Å²) in [5, 5.41) is 7.07. The zero-order valence-corrected chi connectivity index (χ0v) is 9.39. The van der Waals surface area contributed by atoms with Crippen LogP contribution < -0.4 is 5.32 Å². The van der Waals surface area contributed by atoms with E-state index in [-0.39, 0.29) is 12.0 Å². The van der Waals surface area contributed by atoms with Crippen LogP contribution in [0.4, 0.5) is 0 Å². The second-order valence-corrected chi connectivity index (χ2v) is 4.45. The van der Waals surface area contributed by atoms with Gasteiger partial charge < -0.3 is 10.1 Å². The SMILES string of the molecule is O=C(NCCc1ccsc1)C1CCCO1. The highest BCUT2D eigenvalue weighted by Gasteiger charge is 2.22. The van der Waals surface area contributed by atoms with E-state index in [4.69, 9.17) is 4.74 Å². The molecule has 1 unspecified atom stereocenters. The first kappa shape index (κ1) is 10.6. The summed E-state index contributed by atoms with van der Waals surface area (Å²) in [6.45, 7) is 1.43. The Hall–Kier alpha value is -0.870. The molecule has 0 bridgehead atoms. The molecule has 4 heteroatoms. The molecule has 1 amide bonds. The van der Waals surface area contributed by atoms with Gasteiger partial charge in [0.25, 0.3) is 0 Å². The van der Waals surface area contributed by atoms with Crippen molar-refractivity contribution < 1.29 is 9.53 Å². The topological polar surface area (TPSA) is 38.3 Å². The number of carbonyl (C=O) groups excluding carboxylic acids is 1. The Balaban J connectivity index is 1.67. The van der Waals surface area contributed by atoms with Gasteiger partial charge in [-0.3, -0.25) is 4.79 Å². The van der Waals surface area contributed by atoms with Crippen LogP contribution in [0, 0.1) is 0 Å². The minimum atomic E-state index is -0.201. The monoisotopic (exact) mass is 225 g/mol. The fourth-order valence-electron chi connectivity index (χ4n) is 1.66. The number of amides is 1. The summed E-state index contributed by atoms with van der Waals surface area (Å²) in [4.78, 5) is 11.5. The number of carbonyl (C=O) groups is 1. The Morgan fingerprint density at radius 1 is 1.67 bits per heavy atom. The number of thiophene rings is 1. The summed E-state index contributed by atoms with van der Waals surface area (Å²) < 4.78 is 5.29. The van der Waals surface area contributed by atoms with Crippen LogP contribution in [0.1, 0.15) is 18.4 Å². The predicted octanol–water partition coefficient (Wildman–Crippen LogP) is 1.59. The molecule has 0 saturated carbocycles. The van der Waals surface area contributed by atoms with E-state index in [1.165, 1.54) is 5.56 Å². The van der Waals surface area contributed by atoms with Gasteiger partial charge in [-0.25, -0.2) is 0 Å². The third-order valence-corrected chi connectivity index (χ3v) is 3.25. The maximum Gasteiger partial charge on any atom is 0.249 e. The fraction of sp³-hybridized carbons (Fsp3) is 0.545. The molecule has 15 heavy (non-hydrogen) atoms. The first-order chi connectivity index (χ1) is 7.36. The van der Waals surface area contributed by atoms with Gasteiger partial charge in [0.1, 0.15) is 6.10 Å². The molecule has 82 valence electrons. The molecule has 1 aromatic heterocycles. The highest BCUT2D eigenvalue weighted by molar-refractivity contribution is 7.07. The van der Waals surface area contributed by atoms with Gasteiger partial charge in [-0.2, -0.15) is 11.3 Å². The fourth-order valence-corrected chi connectivity index (χ4v) is 2.37. The summed E-state index contributed by atoms with van der Waals surface area (Å²) in [7, 11) is 0. The Bertz CT molecular complexity index is 304. The number of rotatable bonds is 4. The molecule has 2 heterocycles. The van der Waals surface area contributed by atoms with Gasteiger partial charge in [0.2, 0.25) is 5.91 Å². The predicted molar refractivity (Wildman–Crippen MR) is 60.0 cm³/mol. The molecular weight excluding hydrogens is 210 g/mol. The van der Waals surface area contributed by atoms with Crippen LogP contribution in [-0.2, 0) is 16.0 Å². The van der Waals surface area contributed by atoms with Crippen LogP contribution in [0.3, 0.4) is 0 Å². The van der Waals surface area contributed by atoms with Crippen LogP contribution in [0.2, 0.25) is 0 Å². The summed E-state index contributed by atoms with van der Waals surface area (Å²) in [5.41, 5.74) is 1.28. The standard InChI is InChI=1S/C11H15NO2S/c13-11(10-2-1-6-14-10)12-5-3-9-4-7-15-8-9/h4,7-8,10H,1-3,5-6H2,(H,12,13). The van der Waals surface area contributed by atoms with Crippen LogP contribution in [-0.4, -0.2) is 25.2 Å². The van der Waals surface area contributed by atoms with E-state index in [1.807, 2.05) is 0 Å². The summed E-state index contributed by atoms with van der Waals surface area (Å²) in [6, 6.07) is 2.09. The van der Waals surface area contributed by atoms with Crippen molar-refractivity contribution in [2.24, 2.45) is 0 Å². The molecule has 1 N–H and O–H groups in total. The van der Waals surface area contributed by atoms with Crippen LogP contribution in [0.25, 0.3) is 0 Å². The molecule has 0 aromatic carbocycles.